The summed E-state index contributed by atoms with van der Waals surface area (Å²) in [5, 5.41) is 5.37. The highest BCUT2D eigenvalue weighted by Gasteiger charge is 2.16. The Morgan fingerprint density at radius 3 is 2.47 bits per heavy atom. The van der Waals surface area contributed by atoms with E-state index in [1.807, 2.05) is 0 Å². The fourth-order valence-electron chi connectivity index (χ4n) is 0.806. The summed E-state index contributed by atoms with van der Waals surface area (Å²) in [6, 6.07) is 0. The molecule has 0 aromatic heterocycles. The minimum atomic E-state index is -3.65. The highest BCUT2D eigenvalue weighted by Crippen LogP contribution is 2.36. The lowest BCUT2D eigenvalue weighted by Gasteiger charge is -2.12. The molecule has 0 aliphatic carbocycles. The maximum Gasteiger partial charge on any atom is 0.402 e. The van der Waals surface area contributed by atoms with Gasteiger partial charge in [0.05, 0.1) is 6.61 Å². The van der Waals surface area contributed by atoms with E-state index < -0.39 is 7.75 Å². The highest BCUT2D eigenvalue weighted by atomic mass is 35.5. The van der Waals surface area contributed by atoms with E-state index in [9.17, 15) is 9.46 Å². The van der Waals surface area contributed by atoms with Crippen molar-refractivity contribution >= 4 is 30.9 Å². The van der Waals surface area contributed by atoms with Crippen molar-refractivity contribution in [1.82, 2.24) is 10.4 Å². The zero-order chi connectivity index (χ0) is 11.6. The second kappa shape index (κ2) is 9.85. The molecule has 0 saturated heterocycles. The van der Waals surface area contributed by atoms with E-state index in [4.69, 9.17) is 27.7 Å². The van der Waals surface area contributed by atoms with Crippen molar-refractivity contribution in [1.29, 1.82) is 0 Å². The summed E-state index contributed by atoms with van der Waals surface area (Å²) in [5.74, 6) is 0.821. The van der Waals surface area contributed by atoms with Gasteiger partial charge in [0.2, 0.25) is 0 Å². The van der Waals surface area contributed by atoms with Crippen LogP contribution >= 0.6 is 30.9 Å². The first-order chi connectivity index (χ1) is 7.12. The minimum Gasteiger partial charge on any atom is -0.315 e. The van der Waals surface area contributed by atoms with Gasteiger partial charge in [0.15, 0.2) is 0 Å². The molecule has 0 saturated carbocycles. The van der Waals surface area contributed by atoms with Crippen molar-refractivity contribution in [2.75, 3.05) is 38.0 Å². The lowest BCUT2D eigenvalue weighted by Crippen LogP contribution is -2.20. The fourth-order valence-corrected chi connectivity index (χ4v) is 2.03. The lowest BCUT2D eigenvalue weighted by molar-refractivity contribution is 0.246. The number of rotatable bonds is 10. The van der Waals surface area contributed by atoms with Gasteiger partial charge in [-0.25, -0.2) is 9.65 Å². The fraction of sp³-hybridized carbons (Fsp3) is 1.00. The summed E-state index contributed by atoms with van der Waals surface area (Å²) in [5.41, 5.74) is 0. The Labute approximate surface area is 100 Å². The smallest absolute Gasteiger partial charge is 0.315 e. The molecule has 0 aromatic rings. The summed E-state index contributed by atoms with van der Waals surface area (Å²) in [6.07, 6.45) is 0.657. The van der Waals surface area contributed by atoms with Crippen LogP contribution < -0.4 is 10.4 Å². The molecule has 0 aliphatic heterocycles. The molecule has 0 aromatic carbocycles. The second-order valence-corrected chi connectivity index (χ2v) is 5.11. The van der Waals surface area contributed by atoms with E-state index in [1.165, 1.54) is 0 Å². The van der Waals surface area contributed by atoms with Crippen LogP contribution in [-0.4, -0.2) is 42.9 Å². The molecule has 0 radical (unpaired) electrons. The normalized spacial score (nSPS) is 15.1. The van der Waals surface area contributed by atoms with Crippen LogP contribution in [0.4, 0.5) is 0 Å². The van der Waals surface area contributed by atoms with Gasteiger partial charge in [-0.3, -0.25) is 4.52 Å². The summed E-state index contributed by atoms with van der Waals surface area (Å²) in [7, 11) is -3.65. The summed E-state index contributed by atoms with van der Waals surface area (Å²) in [6.45, 7) is 1.91. The van der Waals surface area contributed by atoms with E-state index in [0.29, 0.717) is 18.8 Å². The first-order valence-electron chi connectivity index (χ1n) is 4.67. The van der Waals surface area contributed by atoms with Crippen molar-refractivity contribution in [3.05, 3.63) is 0 Å². The topological polar surface area (TPSA) is 70.6 Å². The molecule has 5 nitrogen and oxygen atoms in total. The van der Waals surface area contributed by atoms with Gasteiger partial charge in [-0.05, 0) is 13.0 Å². The van der Waals surface area contributed by atoms with Crippen LogP contribution in [0.25, 0.3) is 0 Å². The van der Waals surface area contributed by atoms with Crippen LogP contribution in [0, 0.1) is 0 Å². The van der Waals surface area contributed by atoms with Gasteiger partial charge < -0.3 is 10.2 Å². The van der Waals surface area contributed by atoms with Crippen molar-refractivity contribution < 1.29 is 14.0 Å². The monoisotopic (exact) mass is 278 g/mol. The van der Waals surface area contributed by atoms with Crippen LogP contribution in [0.2, 0.25) is 0 Å². The lowest BCUT2D eigenvalue weighted by atomic mass is 10.4. The Kier molecular flexibility index (Phi) is 10.3. The number of alkyl halides is 2. The average molecular weight is 279 g/mol. The summed E-state index contributed by atoms with van der Waals surface area (Å²) < 4.78 is 16.0. The third-order valence-corrected chi connectivity index (χ3v) is 2.98. The third kappa shape index (κ3) is 10.9. The van der Waals surface area contributed by atoms with Crippen LogP contribution in [-0.2, 0) is 9.09 Å². The van der Waals surface area contributed by atoms with Gasteiger partial charge in [0, 0.05) is 24.8 Å². The van der Waals surface area contributed by atoms with E-state index in [0.717, 1.165) is 6.54 Å². The summed E-state index contributed by atoms with van der Waals surface area (Å²) >= 11 is 10.8. The quantitative estimate of drug-likeness (QED) is 0.318. The van der Waals surface area contributed by atoms with Crippen molar-refractivity contribution in [2.24, 2.45) is 0 Å². The van der Waals surface area contributed by atoms with Crippen LogP contribution in [0.15, 0.2) is 0 Å². The van der Waals surface area contributed by atoms with Gasteiger partial charge in [0.1, 0.15) is 0 Å². The largest absolute Gasteiger partial charge is 0.402 e. The third-order valence-electron chi connectivity index (χ3n) is 1.44. The molecular formula is C7H17Cl2N2O3P. The second-order valence-electron chi connectivity index (χ2n) is 2.74. The van der Waals surface area contributed by atoms with Gasteiger partial charge in [-0.1, -0.05) is 0 Å². The predicted octanol–water partition coefficient (Wildman–Crippen LogP) is 1.15. The molecular weight excluding hydrogens is 262 g/mol. The molecule has 0 aliphatic rings. The van der Waals surface area contributed by atoms with Crippen LogP contribution in [0.3, 0.4) is 0 Å². The molecule has 0 bridgehead atoms. The number of hydrogen-bond acceptors (Lipinski definition) is 3. The average Bonchev–Trinajstić information content (AvgIpc) is 2.20. The van der Waals surface area contributed by atoms with Gasteiger partial charge >= 0.3 is 7.75 Å². The highest BCUT2D eigenvalue weighted by molar-refractivity contribution is 7.50. The molecule has 92 valence electrons. The first kappa shape index (κ1) is 15.7. The molecule has 0 heterocycles. The molecule has 0 amide bonds. The Balaban J connectivity index is 3.36. The zero-order valence-electron chi connectivity index (χ0n) is 8.42. The molecule has 1 atom stereocenters. The van der Waals surface area contributed by atoms with Gasteiger partial charge in [-0.2, -0.15) is 0 Å². The van der Waals surface area contributed by atoms with E-state index in [2.05, 4.69) is 10.4 Å². The van der Waals surface area contributed by atoms with Crippen LogP contribution in [0.5, 0.6) is 0 Å². The Morgan fingerprint density at radius 2 is 1.87 bits per heavy atom. The Bertz CT molecular complexity index is 197. The number of halogens is 2. The maximum absolute atomic E-state index is 11.2. The molecule has 3 N–H and O–H groups in total. The first-order valence-corrected chi connectivity index (χ1v) is 7.32. The number of hydrogen-bond donors (Lipinski definition) is 3. The molecule has 0 rings (SSSR count). The Hall–Kier alpha value is 0.650. The van der Waals surface area contributed by atoms with E-state index in [1.54, 1.807) is 0 Å². The molecule has 15 heavy (non-hydrogen) atoms. The molecule has 1 unspecified atom stereocenters. The predicted molar refractivity (Wildman–Crippen MR) is 62.7 cm³/mol. The van der Waals surface area contributed by atoms with Gasteiger partial charge in [-0.15, -0.1) is 23.2 Å². The zero-order valence-corrected chi connectivity index (χ0v) is 10.8. The van der Waals surface area contributed by atoms with Crippen LogP contribution in [0.1, 0.15) is 6.42 Å². The van der Waals surface area contributed by atoms with Gasteiger partial charge in [0.25, 0.3) is 0 Å². The molecule has 0 spiro atoms. The summed E-state index contributed by atoms with van der Waals surface area (Å²) in [4.78, 5) is 9.17. The minimum absolute atomic E-state index is 0.221. The molecule has 8 heteroatoms. The van der Waals surface area contributed by atoms with Crippen molar-refractivity contribution in [2.45, 2.75) is 6.42 Å². The number of nitrogens with one attached hydrogen (secondary N) is 2. The van der Waals surface area contributed by atoms with E-state index >= 15 is 0 Å². The standard InChI is InChI=1S/C7H17Cl2N2O3P/c8-2-5-10-4-1-7-14-15(12,13)11-6-3-9/h10H,1-7H2,(H2,11,12,13). The SMILES string of the molecule is O=P(O)(NCCCl)OCCCNCCCl. The molecule has 0 fully saturated rings. The maximum atomic E-state index is 11.2. The van der Waals surface area contributed by atoms with Crippen molar-refractivity contribution in [3.8, 4) is 0 Å². The van der Waals surface area contributed by atoms with Crippen molar-refractivity contribution in [3.63, 3.8) is 0 Å². The Morgan fingerprint density at radius 1 is 1.20 bits per heavy atom. The van der Waals surface area contributed by atoms with E-state index in [-0.39, 0.29) is 19.0 Å².